The van der Waals surface area contributed by atoms with Gasteiger partial charge in [0.2, 0.25) is 0 Å². The lowest BCUT2D eigenvalue weighted by Crippen LogP contribution is -2.22. The van der Waals surface area contributed by atoms with Crippen molar-refractivity contribution in [2.24, 2.45) is 0 Å². The van der Waals surface area contributed by atoms with Crippen molar-refractivity contribution < 1.29 is 24.9 Å². The van der Waals surface area contributed by atoms with Crippen molar-refractivity contribution in [2.75, 3.05) is 0 Å². The van der Waals surface area contributed by atoms with Crippen LogP contribution in [-0.2, 0) is 4.79 Å². The highest BCUT2D eigenvalue weighted by Gasteiger charge is 2.21. The van der Waals surface area contributed by atoms with Gasteiger partial charge in [-0.05, 0) is 11.6 Å². The number of hydrogen-bond donors (Lipinski definition) is 3. The molecular formula is C13H13NO5. The number of carboxylic acids is 1. The Labute approximate surface area is 109 Å². The van der Waals surface area contributed by atoms with Crippen molar-refractivity contribution in [1.82, 2.24) is 0 Å². The van der Waals surface area contributed by atoms with Gasteiger partial charge >= 0.3 is 5.97 Å². The van der Waals surface area contributed by atoms with E-state index in [0.29, 0.717) is 0 Å². The zero-order valence-electron chi connectivity index (χ0n) is 9.98. The lowest BCUT2D eigenvalue weighted by Gasteiger charge is -2.16. The molecule has 0 aliphatic heterocycles. The molecule has 0 radical (unpaired) electrons. The molecule has 0 saturated carbocycles. The number of nitrogens with zero attached hydrogens (tertiary/aromatic N) is 1. The number of rotatable bonds is 6. The Kier molecular flexibility index (Phi) is 5.18. The average Bonchev–Trinajstić information content (AvgIpc) is 2.37. The molecular weight excluding hydrogens is 250 g/mol. The van der Waals surface area contributed by atoms with E-state index in [9.17, 15) is 19.8 Å². The fraction of sp³-hybridized carbons (Fsp3) is 0.308. The van der Waals surface area contributed by atoms with Crippen LogP contribution in [0.2, 0.25) is 0 Å². The highest BCUT2D eigenvalue weighted by Crippen LogP contribution is 2.20. The maximum absolute atomic E-state index is 11.5. The van der Waals surface area contributed by atoms with E-state index in [1.54, 1.807) is 6.07 Å². The van der Waals surface area contributed by atoms with Crippen LogP contribution in [0.25, 0.3) is 0 Å². The van der Waals surface area contributed by atoms with Gasteiger partial charge in [-0.25, -0.2) is 0 Å². The van der Waals surface area contributed by atoms with Gasteiger partial charge < -0.3 is 15.3 Å². The van der Waals surface area contributed by atoms with E-state index in [4.69, 9.17) is 10.4 Å². The predicted octanol–water partition coefficient (Wildman–Crippen LogP) is 0.652. The molecule has 0 amide bonds. The van der Waals surface area contributed by atoms with E-state index in [1.165, 1.54) is 24.3 Å². The minimum atomic E-state index is -1.46. The van der Waals surface area contributed by atoms with Crippen LogP contribution < -0.4 is 0 Å². The number of aliphatic hydroxyl groups excluding tert-OH is 2. The molecule has 0 spiro atoms. The first-order chi connectivity index (χ1) is 8.95. The maximum Gasteiger partial charge on any atom is 0.306 e. The summed E-state index contributed by atoms with van der Waals surface area (Å²) in [5.74, 6) is -1.63. The summed E-state index contributed by atoms with van der Waals surface area (Å²) in [6.45, 7) is 0. The maximum atomic E-state index is 11.5. The van der Waals surface area contributed by atoms with E-state index in [1.807, 2.05) is 0 Å². The zero-order valence-corrected chi connectivity index (χ0v) is 9.98. The molecule has 0 fully saturated rings. The van der Waals surface area contributed by atoms with Crippen LogP contribution in [-0.4, -0.2) is 33.2 Å². The van der Waals surface area contributed by atoms with E-state index in [0.717, 1.165) is 0 Å². The standard InChI is InChI=1S/C13H13NO5/c14-5-4-10(15)8-2-1-3-9(6-8)13(19)11(16)7-12(17)18/h1-3,6,11,13,16,19H,4,7H2,(H,17,18). The highest BCUT2D eigenvalue weighted by molar-refractivity contribution is 5.97. The topological polar surface area (TPSA) is 119 Å². The quantitative estimate of drug-likeness (QED) is 0.648. The molecule has 6 heteroatoms. The van der Waals surface area contributed by atoms with E-state index in [-0.39, 0.29) is 17.5 Å². The molecule has 100 valence electrons. The molecule has 0 bridgehead atoms. The van der Waals surface area contributed by atoms with E-state index < -0.39 is 30.4 Å². The summed E-state index contributed by atoms with van der Waals surface area (Å²) in [7, 11) is 0. The largest absolute Gasteiger partial charge is 0.481 e. The van der Waals surface area contributed by atoms with Gasteiger partial charge in [-0.2, -0.15) is 5.26 Å². The van der Waals surface area contributed by atoms with Crippen LogP contribution >= 0.6 is 0 Å². The van der Waals surface area contributed by atoms with Gasteiger partial charge in [-0.1, -0.05) is 18.2 Å². The number of nitriles is 1. The lowest BCUT2D eigenvalue weighted by atomic mass is 9.98. The number of ketones is 1. The minimum absolute atomic E-state index is 0.234. The van der Waals surface area contributed by atoms with E-state index >= 15 is 0 Å². The molecule has 0 aromatic heterocycles. The smallest absolute Gasteiger partial charge is 0.306 e. The second-order valence-electron chi connectivity index (χ2n) is 3.99. The minimum Gasteiger partial charge on any atom is -0.481 e. The molecule has 1 aromatic carbocycles. The van der Waals surface area contributed by atoms with Crippen molar-refractivity contribution in [3.8, 4) is 6.07 Å². The molecule has 0 aliphatic carbocycles. The summed E-state index contributed by atoms with van der Waals surface area (Å²) in [5, 5.41) is 36.3. The van der Waals surface area contributed by atoms with Crippen LogP contribution in [0.4, 0.5) is 0 Å². The number of Topliss-reactive ketones (excluding diaryl/α,β-unsaturated/α-hetero) is 1. The van der Waals surface area contributed by atoms with Crippen LogP contribution in [0.15, 0.2) is 24.3 Å². The van der Waals surface area contributed by atoms with Crippen molar-refractivity contribution in [2.45, 2.75) is 25.0 Å². The Balaban J connectivity index is 2.90. The molecule has 6 nitrogen and oxygen atoms in total. The normalized spacial score (nSPS) is 13.3. The fourth-order valence-electron chi connectivity index (χ4n) is 1.58. The van der Waals surface area contributed by atoms with Gasteiger partial charge in [0.05, 0.1) is 25.0 Å². The molecule has 2 atom stereocenters. The van der Waals surface area contributed by atoms with Gasteiger partial charge in [0.15, 0.2) is 5.78 Å². The Morgan fingerprint density at radius 1 is 1.32 bits per heavy atom. The van der Waals surface area contributed by atoms with Crippen LogP contribution in [0.5, 0.6) is 0 Å². The van der Waals surface area contributed by atoms with Gasteiger partial charge in [0.25, 0.3) is 0 Å². The number of carbonyl (C=O) groups excluding carboxylic acids is 1. The highest BCUT2D eigenvalue weighted by atomic mass is 16.4. The van der Waals surface area contributed by atoms with Crippen molar-refractivity contribution in [1.29, 1.82) is 5.26 Å². The Bertz CT molecular complexity index is 520. The van der Waals surface area contributed by atoms with Crippen molar-refractivity contribution in [3.05, 3.63) is 35.4 Å². The molecule has 2 unspecified atom stereocenters. The first-order valence-electron chi connectivity index (χ1n) is 5.53. The van der Waals surface area contributed by atoms with Crippen molar-refractivity contribution >= 4 is 11.8 Å². The summed E-state index contributed by atoms with van der Waals surface area (Å²) in [6.07, 6.45) is -3.74. The van der Waals surface area contributed by atoms with Crippen LogP contribution in [0, 0.1) is 11.3 Å². The van der Waals surface area contributed by atoms with Gasteiger partial charge in [0.1, 0.15) is 6.10 Å². The van der Waals surface area contributed by atoms with Gasteiger partial charge in [-0.15, -0.1) is 0 Å². The summed E-state index contributed by atoms with van der Waals surface area (Å²) >= 11 is 0. The number of aliphatic carboxylic acids is 1. The van der Waals surface area contributed by atoms with Gasteiger partial charge in [-0.3, -0.25) is 9.59 Å². The third-order valence-electron chi connectivity index (χ3n) is 2.54. The SMILES string of the molecule is N#CCC(=O)c1cccc(C(O)C(O)CC(=O)O)c1. The van der Waals surface area contributed by atoms with Crippen molar-refractivity contribution in [3.63, 3.8) is 0 Å². The second kappa shape index (κ2) is 6.64. The molecule has 19 heavy (non-hydrogen) atoms. The first kappa shape index (κ1) is 14.8. The van der Waals surface area contributed by atoms with Crippen LogP contribution in [0.3, 0.4) is 0 Å². The number of aliphatic hydroxyl groups is 2. The summed E-state index contributed by atoms with van der Waals surface area (Å²) in [5.41, 5.74) is 0.471. The Morgan fingerprint density at radius 3 is 2.58 bits per heavy atom. The van der Waals surface area contributed by atoms with Crippen LogP contribution in [0.1, 0.15) is 34.9 Å². The number of carbonyl (C=O) groups is 2. The fourth-order valence-corrected chi connectivity index (χ4v) is 1.58. The first-order valence-corrected chi connectivity index (χ1v) is 5.53. The summed E-state index contributed by atoms with van der Waals surface area (Å²) in [4.78, 5) is 22.0. The predicted molar refractivity (Wildman–Crippen MR) is 64.2 cm³/mol. The monoisotopic (exact) mass is 263 g/mol. The second-order valence-corrected chi connectivity index (χ2v) is 3.99. The zero-order chi connectivity index (χ0) is 14.4. The third kappa shape index (κ3) is 4.17. The molecule has 3 N–H and O–H groups in total. The van der Waals surface area contributed by atoms with E-state index in [2.05, 4.69) is 0 Å². The molecule has 1 aromatic rings. The summed E-state index contributed by atoms with van der Waals surface area (Å²) in [6, 6.07) is 7.52. The number of hydrogen-bond acceptors (Lipinski definition) is 5. The molecule has 0 heterocycles. The molecule has 0 aliphatic rings. The molecule has 0 saturated heterocycles. The third-order valence-corrected chi connectivity index (χ3v) is 2.54. The number of carboxylic acid groups (broad SMARTS) is 1. The Hall–Kier alpha value is -2.23. The number of benzene rings is 1. The lowest BCUT2D eigenvalue weighted by molar-refractivity contribution is -0.141. The summed E-state index contributed by atoms with van der Waals surface area (Å²) < 4.78 is 0. The average molecular weight is 263 g/mol. The molecule has 1 rings (SSSR count). The van der Waals surface area contributed by atoms with Gasteiger partial charge in [0, 0.05) is 5.56 Å². The Morgan fingerprint density at radius 2 is 2.00 bits per heavy atom.